The second kappa shape index (κ2) is 10.8. The molecule has 1 saturated carbocycles. The van der Waals surface area contributed by atoms with Gasteiger partial charge in [0.1, 0.15) is 6.61 Å². The van der Waals surface area contributed by atoms with E-state index in [2.05, 4.69) is 40.5 Å². The largest absolute Gasteiger partial charge is 0.490 e. The minimum Gasteiger partial charge on any atom is -0.490 e. The predicted molar refractivity (Wildman–Crippen MR) is 122 cm³/mol. The summed E-state index contributed by atoms with van der Waals surface area (Å²) >= 11 is 0. The highest BCUT2D eigenvalue weighted by molar-refractivity contribution is 5.44. The molecule has 162 valence electrons. The topological polar surface area (TPSA) is 33.7 Å². The van der Waals surface area contributed by atoms with Gasteiger partial charge in [0.25, 0.3) is 0 Å². The van der Waals surface area contributed by atoms with Crippen LogP contribution in [-0.4, -0.2) is 37.7 Å². The molecule has 0 spiro atoms. The van der Waals surface area contributed by atoms with Gasteiger partial charge in [-0.1, -0.05) is 55.7 Å². The van der Waals surface area contributed by atoms with Crippen molar-refractivity contribution in [3.63, 3.8) is 0 Å². The van der Waals surface area contributed by atoms with Crippen LogP contribution in [-0.2, 0) is 6.61 Å². The quantitative estimate of drug-likeness (QED) is 0.652. The van der Waals surface area contributed by atoms with Gasteiger partial charge in [-0.25, -0.2) is 0 Å². The molecule has 2 fully saturated rings. The predicted octanol–water partition coefficient (Wildman–Crippen LogP) is 5.19. The second-order valence-corrected chi connectivity index (χ2v) is 8.54. The highest BCUT2D eigenvalue weighted by Crippen LogP contribution is 2.41. The molecule has 2 aromatic rings. The van der Waals surface area contributed by atoms with Crippen LogP contribution >= 0.6 is 0 Å². The van der Waals surface area contributed by atoms with Gasteiger partial charge in [-0.2, -0.15) is 0 Å². The Bertz CT molecular complexity index is 750. The van der Waals surface area contributed by atoms with Crippen LogP contribution in [0.2, 0.25) is 0 Å². The van der Waals surface area contributed by atoms with Gasteiger partial charge in [0.2, 0.25) is 0 Å². The van der Waals surface area contributed by atoms with E-state index in [1.165, 1.54) is 43.2 Å². The van der Waals surface area contributed by atoms with E-state index < -0.39 is 0 Å². The molecule has 1 aliphatic heterocycles. The molecule has 0 bridgehead atoms. The Labute approximate surface area is 181 Å². The zero-order chi connectivity index (χ0) is 20.6. The lowest BCUT2D eigenvalue weighted by atomic mass is 9.80. The van der Waals surface area contributed by atoms with Crippen molar-refractivity contribution < 1.29 is 9.47 Å². The van der Waals surface area contributed by atoms with E-state index in [1.807, 2.05) is 25.1 Å². The lowest BCUT2D eigenvalue weighted by molar-refractivity contribution is 0.103. The zero-order valence-corrected chi connectivity index (χ0v) is 18.3. The summed E-state index contributed by atoms with van der Waals surface area (Å²) in [5.74, 6) is 2.46. The number of hydrogen-bond acceptors (Lipinski definition) is 4. The van der Waals surface area contributed by atoms with E-state index in [9.17, 15) is 0 Å². The van der Waals surface area contributed by atoms with E-state index in [4.69, 9.17) is 9.47 Å². The molecule has 0 amide bonds. The van der Waals surface area contributed by atoms with Gasteiger partial charge < -0.3 is 14.8 Å². The molecular weight excluding hydrogens is 372 g/mol. The monoisotopic (exact) mass is 408 g/mol. The molecule has 1 aliphatic carbocycles. The molecule has 0 radical (unpaired) electrons. The smallest absolute Gasteiger partial charge is 0.161 e. The van der Waals surface area contributed by atoms with Gasteiger partial charge in [-0.05, 0) is 48.9 Å². The van der Waals surface area contributed by atoms with Crippen molar-refractivity contribution in [1.29, 1.82) is 0 Å². The lowest BCUT2D eigenvalue weighted by Crippen LogP contribution is -2.47. The summed E-state index contributed by atoms with van der Waals surface area (Å²) < 4.78 is 12.2. The lowest BCUT2D eigenvalue weighted by Gasteiger charge is -2.41. The maximum atomic E-state index is 6.15. The van der Waals surface area contributed by atoms with E-state index in [0.29, 0.717) is 19.3 Å². The van der Waals surface area contributed by atoms with Crippen LogP contribution in [0, 0.1) is 5.92 Å². The average Bonchev–Trinajstić information content (AvgIpc) is 2.81. The summed E-state index contributed by atoms with van der Waals surface area (Å²) in [6.45, 7) is 7.66. The Morgan fingerprint density at radius 2 is 1.70 bits per heavy atom. The first-order valence-corrected chi connectivity index (χ1v) is 11.7. The fraction of sp³-hybridized carbons (Fsp3) is 0.538. The molecule has 0 aromatic heterocycles. The van der Waals surface area contributed by atoms with Crippen molar-refractivity contribution in [2.45, 2.75) is 51.7 Å². The van der Waals surface area contributed by atoms with E-state index >= 15 is 0 Å². The van der Waals surface area contributed by atoms with E-state index in [0.717, 1.165) is 43.6 Å². The van der Waals surface area contributed by atoms with Gasteiger partial charge >= 0.3 is 0 Å². The molecule has 2 aliphatic rings. The molecule has 0 unspecified atom stereocenters. The van der Waals surface area contributed by atoms with Crippen LogP contribution in [0.4, 0.5) is 0 Å². The standard InChI is InChI=1S/C26H36N2O2/c1-2-29-25-19-23(13-14-24(25)30-20-21-9-5-3-6-10-21)26(22-11-7-4-8-12-22)28-17-15-27-16-18-28/h3,5-6,9-10,13-14,19,22,26-27H,2,4,7-8,11-12,15-18,20H2,1H3/t26-/m0/s1. The Kier molecular flexibility index (Phi) is 7.65. The summed E-state index contributed by atoms with van der Waals surface area (Å²) in [4.78, 5) is 2.70. The molecule has 1 atom stereocenters. The number of nitrogens with one attached hydrogen (secondary N) is 1. The third-order valence-electron chi connectivity index (χ3n) is 6.49. The van der Waals surface area contributed by atoms with E-state index in [-0.39, 0.29) is 0 Å². The summed E-state index contributed by atoms with van der Waals surface area (Å²) in [6.07, 6.45) is 6.80. The molecule has 1 heterocycles. The molecular formula is C26H36N2O2. The van der Waals surface area contributed by atoms with Crippen LogP contribution in [0.15, 0.2) is 48.5 Å². The number of benzene rings is 2. The maximum Gasteiger partial charge on any atom is 0.161 e. The van der Waals surface area contributed by atoms with Crippen molar-refractivity contribution in [2.75, 3.05) is 32.8 Å². The van der Waals surface area contributed by atoms with Crippen molar-refractivity contribution >= 4 is 0 Å². The van der Waals surface area contributed by atoms with E-state index in [1.54, 1.807) is 0 Å². The zero-order valence-electron chi connectivity index (χ0n) is 18.3. The minimum atomic E-state index is 0.481. The first-order valence-electron chi connectivity index (χ1n) is 11.7. The highest BCUT2D eigenvalue weighted by atomic mass is 16.5. The normalized spacial score (nSPS) is 19.4. The average molecular weight is 409 g/mol. The first-order chi connectivity index (χ1) is 14.8. The molecule has 30 heavy (non-hydrogen) atoms. The molecule has 4 nitrogen and oxygen atoms in total. The second-order valence-electron chi connectivity index (χ2n) is 8.54. The number of rotatable bonds is 8. The highest BCUT2D eigenvalue weighted by Gasteiger charge is 2.31. The molecule has 2 aromatic carbocycles. The maximum absolute atomic E-state index is 6.15. The van der Waals surface area contributed by atoms with Crippen LogP contribution in [0.25, 0.3) is 0 Å². The summed E-state index contributed by atoms with van der Waals surface area (Å²) in [6, 6.07) is 17.5. The number of piperazine rings is 1. The third-order valence-corrected chi connectivity index (χ3v) is 6.49. The Hall–Kier alpha value is -2.04. The van der Waals surface area contributed by atoms with Crippen molar-refractivity contribution in [1.82, 2.24) is 10.2 Å². The third kappa shape index (κ3) is 5.35. The summed E-state index contributed by atoms with van der Waals surface area (Å²) in [7, 11) is 0. The summed E-state index contributed by atoms with van der Waals surface area (Å²) in [5, 5.41) is 3.51. The van der Waals surface area contributed by atoms with Gasteiger partial charge in [-0.15, -0.1) is 0 Å². The number of nitrogens with zero attached hydrogens (tertiary/aromatic N) is 1. The Morgan fingerprint density at radius 1 is 0.933 bits per heavy atom. The van der Waals surface area contributed by atoms with Crippen LogP contribution < -0.4 is 14.8 Å². The molecule has 1 N–H and O–H groups in total. The van der Waals surface area contributed by atoms with Gasteiger partial charge in [0.05, 0.1) is 6.61 Å². The Morgan fingerprint density at radius 3 is 2.43 bits per heavy atom. The van der Waals surface area contributed by atoms with Gasteiger partial charge in [0, 0.05) is 32.2 Å². The van der Waals surface area contributed by atoms with Crippen molar-refractivity contribution in [3.05, 3.63) is 59.7 Å². The van der Waals surface area contributed by atoms with Crippen LogP contribution in [0.5, 0.6) is 11.5 Å². The minimum absolute atomic E-state index is 0.481. The summed E-state index contributed by atoms with van der Waals surface area (Å²) in [5.41, 5.74) is 2.56. The fourth-order valence-electron chi connectivity index (χ4n) is 5.02. The van der Waals surface area contributed by atoms with Crippen LogP contribution in [0.1, 0.15) is 56.2 Å². The van der Waals surface area contributed by atoms with Crippen molar-refractivity contribution in [3.8, 4) is 11.5 Å². The molecule has 1 saturated heterocycles. The Balaban J connectivity index is 1.57. The van der Waals surface area contributed by atoms with Crippen molar-refractivity contribution in [2.24, 2.45) is 5.92 Å². The van der Waals surface area contributed by atoms with Crippen LogP contribution in [0.3, 0.4) is 0 Å². The SMILES string of the molecule is CCOc1cc([C@H](C2CCCCC2)N2CCNCC2)ccc1OCc1ccccc1. The number of ether oxygens (including phenoxy) is 2. The molecule has 4 heteroatoms. The molecule has 4 rings (SSSR count). The van der Waals surface area contributed by atoms with Gasteiger partial charge in [-0.3, -0.25) is 4.90 Å². The first kappa shape index (κ1) is 21.2. The number of hydrogen-bond donors (Lipinski definition) is 1. The fourth-order valence-corrected chi connectivity index (χ4v) is 5.02. The van der Waals surface area contributed by atoms with Gasteiger partial charge in [0.15, 0.2) is 11.5 Å².